The van der Waals surface area contributed by atoms with Crippen molar-refractivity contribution < 1.29 is 5.11 Å². The number of aliphatic hydroxyl groups excluding tert-OH is 1. The minimum absolute atomic E-state index is 0.209. The maximum atomic E-state index is 9.80. The van der Waals surface area contributed by atoms with Crippen LogP contribution in [0, 0.1) is 6.92 Å². The quantitative estimate of drug-likeness (QED) is 0.857. The summed E-state index contributed by atoms with van der Waals surface area (Å²) < 4.78 is 0. The maximum absolute atomic E-state index is 9.80. The first-order valence-electron chi connectivity index (χ1n) is 6.68. The lowest BCUT2D eigenvalue weighted by molar-refractivity contribution is 0.200. The standard InChI is InChI=1S/C17H21NO/c1-12-8-4-5-9-15(12)13(2)18-17-11-7-6-10-16(17)14(3)19/h4-11,13-14,18-19H,1-3H3. The third-order valence-corrected chi connectivity index (χ3v) is 3.44. The average Bonchev–Trinajstić information content (AvgIpc) is 2.39. The number of aliphatic hydroxyl groups is 1. The number of benzene rings is 2. The molecule has 2 rings (SSSR count). The molecule has 100 valence electrons. The second kappa shape index (κ2) is 5.89. The predicted molar refractivity (Wildman–Crippen MR) is 80.3 cm³/mol. The molecule has 0 amide bonds. The van der Waals surface area contributed by atoms with Crippen LogP contribution in [-0.4, -0.2) is 5.11 Å². The third-order valence-electron chi connectivity index (χ3n) is 3.44. The van der Waals surface area contributed by atoms with E-state index in [1.807, 2.05) is 24.3 Å². The summed E-state index contributed by atoms with van der Waals surface area (Å²) in [6, 6.07) is 16.5. The van der Waals surface area contributed by atoms with Gasteiger partial charge in [-0.25, -0.2) is 0 Å². The summed E-state index contributed by atoms with van der Waals surface area (Å²) in [5.41, 5.74) is 4.48. The van der Waals surface area contributed by atoms with Crippen molar-refractivity contribution in [3.05, 3.63) is 65.2 Å². The Morgan fingerprint density at radius 2 is 1.47 bits per heavy atom. The second-order valence-electron chi connectivity index (χ2n) is 4.99. The van der Waals surface area contributed by atoms with Gasteiger partial charge in [-0.15, -0.1) is 0 Å². The van der Waals surface area contributed by atoms with Crippen molar-refractivity contribution in [2.75, 3.05) is 5.32 Å². The van der Waals surface area contributed by atoms with Crippen LogP contribution >= 0.6 is 0 Å². The van der Waals surface area contributed by atoms with Gasteiger partial charge in [-0.1, -0.05) is 42.5 Å². The minimum Gasteiger partial charge on any atom is -0.389 e. The van der Waals surface area contributed by atoms with Crippen LogP contribution in [0.4, 0.5) is 5.69 Å². The monoisotopic (exact) mass is 255 g/mol. The Kier molecular flexibility index (Phi) is 4.23. The molecule has 0 bridgehead atoms. The van der Waals surface area contributed by atoms with Crippen molar-refractivity contribution in [1.82, 2.24) is 0 Å². The number of nitrogens with one attached hydrogen (secondary N) is 1. The lowest BCUT2D eigenvalue weighted by Crippen LogP contribution is -2.10. The minimum atomic E-state index is -0.465. The number of rotatable bonds is 4. The van der Waals surface area contributed by atoms with E-state index in [0.29, 0.717) is 0 Å². The number of anilines is 1. The van der Waals surface area contributed by atoms with Gasteiger partial charge in [0.1, 0.15) is 0 Å². The van der Waals surface area contributed by atoms with Crippen LogP contribution in [0.15, 0.2) is 48.5 Å². The maximum Gasteiger partial charge on any atom is 0.0781 e. The highest BCUT2D eigenvalue weighted by atomic mass is 16.3. The molecular formula is C17H21NO. The van der Waals surface area contributed by atoms with Crippen molar-refractivity contribution in [1.29, 1.82) is 0 Å². The van der Waals surface area contributed by atoms with E-state index in [-0.39, 0.29) is 6.04 Å². The highest BCUT2D eigenvalue weighted by Crippen LogP contribution is 2.27. The van der Waals surface area contributed by atoms with Crippen LogP contribution in [-0.2, 0) is 0 Å². The van der Waals surface area contributed by atoms with Gasteiger partial charge in [0.25, 0.3) is 0 Å². The van der Waals surface area contributed by atoms with Gasteiger partial charge in [-0.3, -0.25) is 0 Å². The summed E-state index contributed by atoms with van der Waals surface area (Å²) in [6.45, 7) is 6.05. The van der Waals surface area contributed by atoms with Crippen molar-refractivity contribution in [3.63, 3.8) is 0 Å². The lowest BCUT2D eigenvalue weighted by Gasteiger charge is -2.21. The van der Waals surface area contributed by atoms with E-state index in [4.69, 9.17) is 0 Å². The van der Waals surface area contributed by atoms with E-state index in [1.165, 1.54) is 11.1 Å². The summed E-state index contributed by atoms with van der Waals surface area (Å²) >= 11 is 0. The Labute approximate surface area is 115 Å². The van der Waals surface area contributed by atoms with Crippen LogP contribution in [0.2, 0.25) is 0 Å². The number of hydrogen-bond donors (Lipinski definition) is 2. The molecule has 19 heavy (non-hydrogen) atoms. The molecule has 0 spiro atoms. The highest BCUT2D eigenvalue weighted by molar-refractivity contribution is 5.53. The van der Waals surface area contributed by atoms with Crippen LogP contribution in [0.1, 0.15) is 42.7 Å². The van der Waals surface area contributed by atoms with E-state index in [2.05, 4.69) is 43.4 Å². The van der Waals surface area contributed by atoms with Gasteiger partial charge in [-0.2, -0.15) is 0 Å². The third kappa shape index (κ3) is 3.15. The Morgan fingerprint density at radius 1 is 0.895 bits per heavy atom. The first kappa shape index (κ1) is 13.6. The van der Waals surface area contributed by atoms with Gasteiger partial charge in [0.2, 0.25) is 0 Å². The molecule has 2 aromatic rings. The topological polar surface area (TPSA) is 32.3 Å². The molecule has 0 saturated heterocycles. The molecule has 2 heteroatoms. The normalized spacial score (nSPS) is 13.9. The SMILES string of the molecule is Cc1ccccc1C(C)Nc1ccccc1C(C)O. The fourth-order valence-electron chi connectivity index (χ4n) is 2.38. The molecule has 2 unspecified atom stereocenters. The summed E-state index contributed by atoms with van der Waals surface area (Å²) in [4.78, 5) is 0. The number of para-hydroxylation sites is 1. The zero-order valence-electron chi connectivity index (χ0n) is 11.7. The first-order chi connectivity index (χ1) is 9.09. The summed E-state index contributed by atoms with van der Waals surface area (Å²) in [6.07, 6.45) is -0.465. The Bertz CT molecular complexity index is 548. The molecule has 0 aliphatic heterocycles. The van der Waals surface area contributed by atoms with Crippen molar-refractivity contribution >= 4 is 5.69 Å². The lowest BCUT2D eigenvalue weighted by atomic mass is 10.0. The van der Waals surface area contributed by atoms with Crippen molar-refractivity contribution in [2.45, 2.75) is 32.9 Å². The van der Waals surface area contributed by atoms with Gasteiger partial charge in [0.15, 0.2) is 0 Å². The highest BCUT2D eigenvalue weighted by Gasteiger charge is 2.11. The summed E-state index contributed by atoms with van der Waals surface area (Å²) in [5.74, 6) is 0. The Morgan fingerprint density at radius 3 is 2.11 bits per heavy atom. The molecule has 0 aliphatic carbocycles. The van der Waals surface area contributed by atoms with Gasteiger partial charge in [0.05, 0.1) is 6.10 Å². The van der Waals surface area contributed by atoms with Crippen molar-refractivity contribution in [2.24, 2.45) is 0 Å². The molecule has 0 radical (unpaired) electrons. The Hall–Kier alpha value is -1.80. The summed E-state index contributed by atoms with van der Waals surface area (Å²) in [7, 11) is 0. The molecule has 0 aromatic heterocycles. The molecule has 2 atom stereocenters. The molecular weight excluding hydrogens is 234 g/mol. The van der Waals surface area contributed by atoms with Crippen molar-refractivity contribution in [3.8, 4) is 0 Å². The number of hydrogen-bond acceptors (Lipinski definition) is 2. The fraction of sp³-hybridized carbons (Fsp3) is 0.294. The smallest absolute Gasteiger partial charge is 0.0781 e. The van der Waals surface area contributed by atoms with Gasteiger partial charge in [-0.05, 0) is 38.0 Å². The molecule has 0 fully saturated rings. The predicted octanol–water partition coefficient (Wildman–Crippen LogP) is 4.22. The van der Waals surface area contributed by atoms with Crippen LogP contribution in [0.5, 0.6) is 0 Å². The van der Waals surface area contributed by atoms with E-state index in [0.717, 1.165) is 11.3 Å². The average molecular weight is 255 g/mol. The van der Waals surface area contributed by atoms with Gasteiger partial charge < -0.3 is 10.4 Å². The molecule has 0 saturated carbocycles. The first-order valence-corrected chi connectivity index (χ1v) is 6.68. The Balaban J connectivity index is 2.24. The zero-order valence-corrected chi connectivity index (χ0v) is 11.7. The largest absolute Gasteiger partial charge is 0.389 e. The molecule has 2 aromatic carbocycles. The van der Waals surface area contributed by atoms with Crippen LogP contribution in [0.25, 0.3) is 0 Å². The molecule has 0 heterocycles. The van der Waals surface area contributed by atoms with Gasteiger partial charge in [0, 0.05) is 17.3 Å². The summed E-state index contributed by atoms with van der Waals surface area (Å²) in [5, 5.41) is 13.3. The number of aryl methyl sites for hydroxylation is 1. The van der Waals surface area contributed by atoms with Gasteiger partial charge >= 0.3 is 0 Å². The van der Waals surface area contributed by atoms with Crippen LogP contribution in [0.3, 0.4) is 0 Å². The molecule has 0 aliphatic rings. The van der Waals surface area contributed by atoms with E-state index in [9.17, 15) is 5.11 Å². The van der Waals surface area contributed by atoms with E-state index < -0.39 is 6.10 Å². The molecule has 2 N–H and O–H groups in total. The molecule has 2 nitrogen and oxygen atoms in total. The fourth-order valence-corrected chi connectivity index (χ4v) is 2.38. The van der Waals surface area contributed by atoms with Crippen LogP contribution < -0.4 is 5.32 Å². The second-order valence-corrected chi connectivity index (χ2v) is 4.99. The van der Waals surface area contributed by atoms with E-state index in [1.54, 1.807) is 6.92 Å². The zero-order chi connectivity index (χ0) is 13.8. The van der Waals surface area contributed by atoms with E-state index >= 15 is 0 Å².